The summed E-state index contributed by atoms with van der Waals surface area (Å²) in [5.41, 5.74) is 0.409. The quantitative estimate of drug-likeness (QED) is 0.874. The standard InChI is InChI=1S/C13H13BrF2N2O/c1-2-18-7-8(6-17-18)12(19)5-9-11(15)4-3-10(14)13(9)16/h3-4,6-7,12,19H,2,5H2,1H3. The number of rotatable bonds is 4. The molecule has 19 heavy (non-hydrogen) atoms. The molecule has 1 atom stereocenters. The van der Waals surface area contributed by atoms with E-state index in [-0.39, 0.29) is 16.5 Å². The van der Waals surface area contributed by atoms with Crippen molar-refractivity contribution in [3.05, 3.63) is 51.8 Å². The third-order valence-electron chi connectivity index (χ3n) is 2.90. The first kappa shape index (κ1) is 14.1. The summed E-state index contributed by atoms with van der Waals surface area (Å²) in [6.45, 7) is 2.59. The van der Waals surface area contributed by atoms with Gasteiger partial charge < -0.3 is 5.11 Å². The second-order valence-corrected chi connectivity index (χ2v) is 5.03. The van der Waals surface area contributed by atoms with Crippen molar-refractivity contribution >= 4 is 15.9 Å². The normalized spacial score (nSPS) is 12.7. The minimum Gasteiger partial charge on any atom is -0.388 e. The average Bonchev–Trinajstić information content (AvgIpc) is 2.88. The van der Waals surface area contributed by atoms with E-state index in [1.807, 2.05) is 6.92 Å². The maximum absolute atomic E-state index is 13.8. The van der Waals surface area contributed by atoms with Gasteiger partial charge >= 0.3 is 0 Å². The number of halogens is 3. The molecule has 0 bridgehead atoms. The minimum absolute atomic E-state index is 0.132. The fraction of sp³-hybridized carbons (Fsp3) is 0.308. The summed E-state index contributed by atoms with van der Waals surface area (Å²) < 4.78 is 29.2. The highest BCUT2D eigenvalue weighted by molar-refractivity contribution is 9.10. The first-order valence-electron chi connectivity index (χ1n) is 5.85. The third-order valence-corrected chi connectivity index (χ3v) is 3.51. The van der Waals surface area contributed by atoms with Crippen LogP contribution < -0.4 is 0 Å². The van der Waals surface area contributed by atoms with Crippen LogP contribution >= 0.6 is 15.9 Å². The van der Waals surface area contributed by atoms with E-state index in [0.717, 1.165) is 0 Å². The van der Waals surface area contributed by atoms with Gasteiger partial charge in [0.25, 0.3) is 0 Å². The topological polar surface area (TPSA) is 38.0 Å². The van der Waals surface area contributed by atoms with Crippen LogP contribution in [0.4, 0.5) is 8.78 Å². The maximum atomic E-state index is 13.8. The number of benzene rings is 1. The van der Waals surface area contributed by atoms with Gasteiger partial charge in [0.1, 0.15) is 11.6 Å². The molecule has 2 rings (SSSR count). The Labute approximate surface area is 118 Å². The SMILES string of the molecule is CCn1cc(C(O)Cc2c(F)ccc(Br)c2F)cn1. The molecule has 0 aliphatic carbocycles. The summed E-state index contributed by atoms with van der Waals surface area (Å²) in [6, 6.07) is 2.47. The van der Waals surface area contributed by atoms with Gasteiger partial charge in [-0.25, -0.2) is 8.78 Å². The van der Waals surface area contributed by atoms with E-state index in [1.165, 1.54) is 18.3 Å². The molecule has 1 aromatic heterocycles. The zero-order chi connectivity index (χ0) is 14.0. The van der Waals surface area contributed by atoms with Crippen molar-refractivity contribution in [3.8, 4) is 0 Å². The van der Waals surface area contributed by atoms with Crippen LogP contribution in [-0.4, -0.2) is 14.9 Å². The molecular weight excluding hydrogens is 318 g/mol. The van der Waals surface area contributed by atoms with E-state index in [4.69, 9.17) is 0 Å². The predicted octanol–water partition coefficient (Wildman–Crippen LogP) is 3.22. The second kappa shape index (κ2) is 5.79. The molecule has 0 amide bonds. The van der Waals surface area contributed by atoms with Crippen LogP contribution in [0.5, 0.6) is 0 Å². The van der Waals surface area contributed by atoms with Gasteiger partial charge in [-0.15, -0.1) is 0 Å². The Hall–Kier alpha value is -1.27. The number of aryl methyl sites for hydroxylation is 1. The summed E-state index contributed by atoms with van der Waals surface area (Å²) in [6.07, 6.45) is 2.05. The number of hydrogen-bond donors (Lipinski definition) is 1. The minimum atomic E-state index is -0.987. The first-order valence-corrected chi connectivity index (χ1v) is 6.65. The fourth-order valence-corrected chi connectivity index (χ4v) is 2.16. The van der Waals surface area contributed by atoms with Crippen LogP contribution in [0.25, 0.3) is 0 Å². The van der Waals surface area contributed by atoms with Gasteiger partial charge in [0.2, 0.25) is 0 Å². The Kier molecular flexibility index (Phi) is 4.31. The van der Waals surface area contributed by atoms with Crippen molar-refractivity contribution in [1.29, 1.82) is 0 Å². The highest BCUT2D eigenvalue weighted by Gasteiger charge is 2.18. The summed E-state index contributed by atoms with van der Waals surface area (Å²) in [7, 11) is 0. The number of aromatic nitrogens is 2. The van der Waals surface area contributed by atoms with Gasteiger partial charge in [0, 0.05) is 30.3 Å². The molecule has 6 heteroatoms. The third kappa shape index (κ3) is 3.01. The molecule has 0 aliphatic rings. The first-order chi connectivity index (χ1) is 9.02. The van der Waals surface area contributed by atoms with Crippen LogP contribution in [0.3, 0.4) is 0 Å². The summed E-state index contributed by atoms with van der Waals surface area (Å²) in [4.78, 5) is 0. The Morgan fingerprint density at radius 1 is 1.42 bits per heavy atom. The number of aliphatic hydroxyl groups is 1. The Morgan fingerprint density at radius 3 is 2.79 bits per heavy atom. The molecule has 0 fully saturated rings. The lowest BCUT2D eigenvalue weighted by Crippen LogP contribution is -2.06. The average molecular weight is 331 g/mol. The summed E-state index contributed by atoms with van der Waals surface area (Å²) in [5, 5.41) is 14.0. The van der Waals surface area contributed by atoms with E-state index in [0.29, 0.717) is 12.1 Å². The molecule has 1 N–H and O–H groups in total. The lowest BCUT2D eigenvalue weighted by atomic mass is 10.0. The van der Waals surface area contributed by atoms with Crippen molar-refractivity contribution in [1.82, 2.24) is 9.78 Å². The Morgan fingerprint density at radius 2 is 2.16 bits per heavy atom. The lowest BCUT2D eigenvalue weighted by Gasteiger charge is -2.11. The molecule has 3 nitrogen and oxygen atoms in total. The van der Waals surface area contributed by atoms with Crippen molar-refractivity contribution < 1.29 is 13.9 Å². The summed E-state index contributed by atoms with van der Waals surface area (Å²) >= 11 is 3.00. The van der Waals surface area contributed by atoms with E-state index >= 15 is 0 Å². The highest BCUT2D eigenvalue weighted by atomic mass is 79.9. The smallest absolute Gasteiger partial charge is 0.143 e. The van der Waals surface area contributed by atoms with Crippen molar-refractivity contribution in [2.45, 2.75) is 26.0 Å². The molecule has 0 spiro atoms. The molecule has 2 aromatic rings. The zero-order valence-corrected chi connectivity index (χ0v) is 11.9. The van der Waals surface area contributed by atoms with E-state index in [2.05, 4.69) is 21.0 Å². The molecule has 0 aliphatic heterocycles. The number of aliphatic hydroxyl groups excluding tert-OH is 1. The fourth-order valence-electron chi connectivity index (χ4n) is 1.79. The second-order valence-electron chi connectivity index (χ2n) is 4.17. The van der Waals surface area contributed by atoms with Crippen LogP contribution in [0.2, 0.25) is 0 Å². The van der Waals surface area contributed by atoms with Crippen molar-refractivity contribution in [2.24, 2.45) is 0 Å². The van der Waals surface area contributed by atoms with E-state index < -0.39 is 17.7 Å². The molecule has 1 heterocycles. The van der Waals surface area contributed by atoms with Crippen LogP contribution in [-0.2, 0) is 13.0 Å². The van der Waals surface area contributed by atoms with Crippen molar-refractivity contribution in [2.75, 3.05) is 0 Å². The van der Waals surface area contributed by atoms with Crippen LogP contribution in [0.1, 0.15) is 24.2 Å². The van der Waals surface area contributed by atoms with Gasteiger partial charge in [-0.1, -0.05) is 0 Å². The molecule has 1 aromatic carbocycles. The van der Waals surface area contributed by atoms with Crippen molar-refractivity contribution in [3.63, 3.8) is 0 Å². The zero-order valence-electron chi connectivity index (χ0n) is 10.3. The van der Waals surface area contributed by atoms with Gasteiger partial charge in [-0.3, -0.25) is 4.68 Å². The molecular formula is C13H13BrF2N2O. The van der Waals surface area contributed by atoms with Gasteiger partial charge in [-0.2, -0.15) is 5.10 Å². The van der Waals surface area contributed by atoms with Gasteiger partial charge in [-0.05, 0) is 35.0 Å². The molecule has 1 unspecified atom stereocenters. The predicted molar refractivity (Wildman–Crippen MR) is 70.6 cm³/mol. The monoisotopic (exact) mass is 330 g/mol. The molecule has 102 valence electrons. The summed E-state index contributed by atoms with van der Waals surface area (Å²) in [5.74, 6) is -1.34. The van der Waals surface area contributed by atoms with Crippen LogP contribution in [0.15, 0.2) is 29.0 Å². The maximum Gasteiger partial charge on any atom is 0.143 e. The number of nitrogens with zero attached hydrogens (tertiary/aromatic N) is 2. The molecule has 0 saturated carbocycles. The lowest BCUT2D eigenvalue weighted by molar-refractivity contribution is 0.175. The highest BCUT2D eigenvalue weighted by Crippen LogP contribution is 2.26. The molecule has 0 radical (unpaired) electrons. The van der Waals surface area contributed by atoms with Gasteiger partial charge in [0.05, 0.1) is 16.8 Å². The Balaban J connectivity index is 2.23. The van der Waals surface area contributed by atoms with E-state index in [9.17, 15) is 13.9 Å². The van der Waals surface area contributed by atoms with Gasteiger partial charge in [0.15, 0.2) is 0 Å². The number of hydrogen-bond acceptors (Lipinski definition) is 2. The molecule has 0 saturated heterocycles. The van der Waals surface area contributed by atoms with E-state index in [1.54, 1.807) is 10.9 Å². The largest absolute Gasteiger partial charge is 0.388 e. The van der Waals surface area contributed by atoms with Crippen LogP contribution in [0, 0.1) is 11.6 Å². The Bertz CT molecular complexity index is 586.